The highest BCUT2D eigenvalue weighted by Gasteiger charge is 2.22. The molecule has 1 atom stereocenters. The zero-order chi connectivity index (χ0) is 13.8. The van der Waals surface area contributed by atoms with E-state index in [0.717, 1.165) is 24.7 Å². The maximum absolute atomic E-state index is 5.92. The normalized spacial score (nSPS) is 18.2. The van der Waals surface area contributed by atoms with E-state index in [9.17, 15) is 0 Å². The molecule has 1 unspecified atom stereocenters. The van der Waals surface area contributed by atoms with Crippen molar-refractivity contribution in [3.8, 4) is 0 Å². The average Bonchev–Trinajstić information content (AvgIpc) is 2.96. The Morgan fingerprint density at radius 3 is 2.70 bits per heavy atom. The fraction of sp³-hybridized carbons (Fsp3) is 0.333. The van der Waals surface area contributed by atoms with E-state index in [1.54, 1.807) is 12.4 Å². The summed E-state index contributed by atoms with van der Waals surface area (Å²) in [5, 5.41) is 4.08. The zero-order valence-electron chi connectivity index (χ0n) is 11.2. The highest BCUT2D eigenvalue weighted by Crippen LogP contribution is 2.25. The summed E-state index contributed by atoms with van der Waals surface area (Å²) in [6.07, 6.45) is 4.69. The summed E-state index contributed by atoms with van der Waals surface area (Å²) < 4.78 is 0. The van der Waals surface area contributed by atoms with E-state index in [1.807, 2.05) is 18.2 Å². The maximum atomic E-state index is 5.92. The summed E-state index contributed by atoms with van der Waals surface area (Å²) in [6.45, 7) is 3.05. The summed E-state index contributed by atoms with van der Waals surface area (Å²) in [6, 6.07) is 9.88. The van der Waals surface area contributed by atoms with E-state index in [0.29, 0.717) is 11.9 Å². The molecule has 0 bridgehead atoms. The minimum Gasteiger partial charge on any atom is -0.371 e. The smallest absolute Gasteiger partial charge is 0.222 e. The van der Waals surface area contributed by atoms with Gasteiger partial charge < -0.3 is 10.2 Å². The lowest BCUT2D eigenvalue weighted by atomic mass is 10.1. The third-order valence-electron chi connectivity index (χ3n) is 3.59. The molecule has 4 nitrogen and oxygen atoms in total. The monoisotopic (exact) mass is 288 g/mol. The molecule has 0 spiro atoms. The molecule has 104 valence electrons. The first-order chi connectivity index (χ1) is 9.81. The topological polar surface area (TPSA) is 41.0 Å². The van der Waals surface area contributed by atoms with Gasteiger partial charge in [-0.15, -0.1) is 0 Å². The van der Waals surface area contributed by atoms with Crippen LogP contribution in [0.15, 0.2) is 42.7 Å². The highest BCUT2D eigenvalue weighted by atomic mass is 35.5. The number of hydrogen-bond donors (Lipinski definition) is 1. The number of anilines is 2. The van der Waals surface area contributed by atoms with E-state index in [1.165, 1.54) is 12.1 Å². The van der Waals surface area contributed by atoms with Gasteiger partial charge in [-0.25, -0.2) is 9.97 Å². The molecule has 20 heavy (non-hydrogen) atoms. The van der Waals surface area contributed by atoms with Crippen LogP contribution < -0.4 is 10.2 Å². The Labute approximate surface area is 123 Å². The van der Waals surface area contributed by atoms with Crippen molar-refractivity contribution in [2.75, 3.05) is 29.9 Å². The summed E-state index contributed by atoms with van der Waals surface area (Å²) >= 11 is 5.92. The summed E-state index contributed by atoms with van der Waals surface area (Å²) in [5.41, 5.74) is 1.24. The quantitative estimate of drug-likeness (QED) is 0.939. The molecule has 2 heterocycles. The third-order valence-corrected chi connectivity index (χ3v) is 3.84. The molecule has 0 aliphatic carbocycles. The Morgan fingerprint density at radius 1 is 1.20 bits per heavy atom. The van der Waals surface area contributed by atoms with E-state index in [4.69, 9.17) is 11.6 Å². The number of halogens is 1. The molecule has 1 N–H and O–H groups in total. The van der Waals surface area contributed by atoms with Gasteiger partial charge in [0.05, 0.1) is 0 Å². The molecule has 3 rings (SSSR count). The molecule has 1 aliphatic rings. The highest BCUT2D eigenvalue weighted by molar-refractivity contribution is 6.30. The maximum Gasteiger partial charge on any atom is 0.222 e. The molecule has 1 fully saturated rings. The first-order valence-corrected chi connectivity index (χ1v) is 7.20. The Kier molecular flexibility index (Phi) is 4.02. The van der Waals surface area contributed by atoms with Gasteiger partial charge in [0.1, 0.15) is 0 Å². The minimum atomic E-state index is 0.620. The molecular formula is C15H17ClN4. The number of nitrogens with one attached hydrogen (secondary N) is 1. The van der Waals surface area contributed by atoms with Crippen molar-refractivity contribution in [1.29, 1.82) is 0 Å². The molecule has 5 heteroatoms. The largest absolute Gasteiger partial charge is 0.371 e. The van der Waals surface area contributed by atoms with Gasteiger partial charge in [0.2, 0.25) is 5.95 Å². The Morgan fingerprint density at radius 2 is 1.95 bits per heavy atom. The van der Waals surface area contributed by atoms with Gasteiger partial charge >= 0.3 is 0 Å². The van der Waals surface area contributed by atoms with Crippen LogP contribution in [0.4, 0.5) is 11.6 Å². The summed E-state index contributed by atoms with van der Waals surface area (Å²) in [4.78, 5) is 10.7. The zero-order valence-corrected chi connectivity index (χ0v) is 11.9. The fourth-order valence-electron chi connectivity index (χ4n) is 2.51. The molecule has 2 aromatic rings. The predicted molar refractivity (Wildman–Crippen MR) is 82.3 cm³/mol. The van der Waals surface area contributed by atoms with Crippen LogP contribution in [0.25, 0.3) is 0 Å². The second-order valence-corrected chi connectivity index (χ2v) is 5.47. The van der Waals surface area contributed by atoms with Gasteiger partial charge in [0, 0.05) is 42.7 Å². The lowest BCUT2D eigenvalue weighted by molar-refractivity contribution is 0.619. The molecule has 0 radical (unpaired) electrons. The van der Waals surface area contributed by atoms with Crippen LogP contribution in [-0.2, 0) is 0 Å². The van der Waals surface area contributed by atoms with Crippen molar-refractivity contribution in [2.45, 2.75) is 6.42 Å². The predicted octanol–water partition coefficient (Wildman–Crippen LogP) is 3.07. The minimum absolute atomic E-state index is 0.620. The number of benzene rings is 1. The molecule has 1 aromatic carbocycles. The van der Waals surface area contributed by atoms with Gasteiger partial charge in [0.25, 0.3) is 0 Å². The third kappa shape index (κ3) is 3.20. The van der Waals surface area contributed by atoms with Crippen molar-refractivity contribution < 1.29 is 0 Å². The molecule has 0 amide bonds. The van der Waals surface area contributed by atoms with Crippen molar-refractivity contribution in [2.24, 2.45) is 5.92 Å². The first kappa shape index (κ1) is 13.2. The molecule has 1 aromatic heterocycles. The van der Waals surface area contributed by atoms with Crippen LogP contribution in [0, 0.1) is 5.92 Å². The van der Waals surface area contributed by atoms with Crippen LogP contribution in [0.1, 0.15) is 6.42 Å². The molecule has 1 saturated heterocycles. The van der Waals surface area contributed by atoms with Crippen LogP contribution in [0.3, 0.4) is 0 Å². The van der Waals surface area contributed by atoms with Gasteiger partial charge in [-0.05, 0) is 42.7 Å². The lowest BCUT2D eigenvalue weighted by Gasteiger charge is -2.19. The van der Waals surface area contributed by atoms with Crippen molar-refractivity contribution >= 4 is 23.2 Å². The summed E-state index contributed by atoms with van der Waals surface area (Å²) in [7, 11) is 0. The summed E-state index contributed by atoms with van der Waals surface area (Å²) in [5.74, 6) is 1.33. The van der Waals surface area contributed by atoms with Crippen LogP contribution in [0.2, 0.25) is 5.02 Å². The fourth-order valence-corrected chi connectivity index (χ4v) is 2.64. The van der Waals surface area contributed by atoms with Crippen LogP contribution >= 0.6 is 11.6 Å². The van der Waals surface area contributed by atoms with E-state index < -0.39 is 0 Å². The van der Waals surface area contributed by atoms with Gasteiger partial charge in [-0.1, -0.05) is 11.6 Å². The Bertz CT molecular complexity index is 544. The van der Waals surface area contributed by atoms with Crippen molar-refractivity contribution in [1.82, 2.24) is 9.97 Å². The second kappa shape index (κ2) is 6.09. The Hall–Kier alpha value is -1.81. The molecule has 0 saturated carbocycles. The van der Waals surface area contributed by atoms with Crippen LogP contribution in [0.5, 0.6) is 0 Å². The number of nitrogens with zero attached hydrogens (tertiary/aromatic N) is 3. The average molecular weight is 289 g/mol. The molecular weight excluding hydrogens is 272 g/mol. The van der Waals surface area contributed by atoms with Gasteiger partial charge in [0.15, 0.2) is 0 Å². The van der Waals surface area contributed by atoms with Crippen LogP contribution in [-0.4, -0.2) is 29.6 Å². The second-order valence-electron chi connectivity index (χ2n) is 5.03. The number of aromatic nitrogens is 2. The van der Waals surface area contributed by atoms with E-state index in [2.05, 4.69) is 32.3 Å². The lowest BCUT2D eigenvalue weighted by Crippen LogP contribution is -2.22. The van der Waals surface area contributed by atoms with Gasteiger partial charge in [-0.2, -0.15) is 0 Å². The number of rotatable bonds is 4. The van der Waals surface area contributed by atoms with E-state index >= 15 is 0 Å². The van der Waals surface area contributed by atoms with Gasteiger partial charge in [-0.3, -0.25) is 0 Å². The first-order valence-electron chi connectivity index (χ1n) is 6.82. The van der Waals surface area contributed by atoms with E-state index in [-0.39, 0.29) is 0 Å². The molecule has 1 aliphatic heterocycles. The Balaban J connectivity index is 1.53. The van der Waals surface area contributed by atoms with Crippen molar-refractivity contribution in [3.63, 3.8) is 0 Å². The van der Waals surface area contributed by atoms with Crippen molar-refractivity contribution in [3.05, 3.63) is 47.7 Å². The SMILES string of the molecule is Clc1ccc(N2CCC(CNc3ncccn3)C2)cc1. The standard InChI is InChI=1S/C15H17ClN4/c16-13-2-4-14(5-3-13)20-9-6-12(11-20)10-19-15-17-7-1-8-18-15/h1-5,7-8,12H,6,9-11H2,(H,17,18,19). The number of hydrogen-bond acceptors (Lipinski definition) is 4.